The van der Waals surface area contributed by atoms with E-state index in [2.05, 4.69) is 20.8 Å². The third-order valence-electron chi connectivity index (χ3n) is 3.48. The van der Waals surface area contributed by atoms with Crippen LogP contribution in [-0.2, 0) is 4.74 Å². The number of nitrogens with one attached hydrogen (secondary N) is 1. The molecule has 2 nitrogen and oxygen atoms in total. The van der Waals surface area contributed by atoms with Gasteiger partial charge in [-0.2, -0.15) is 0 Å². The van der Waals surface area contributed by atoms with Crippen LogP contribution in [-0.4, -0.2) is 32.8 Å². The van der Waals surface area contributed by atoms with Gasteiger partial charge in [-0.25, -0.2) is 0 Å². The SMILES string of the molecule is C1CCOC1.CCCC[NH+](CCCC)CCCC.[F-]. The predicted molar refractivity (Wildman–Crippen MR) is 80.3 cm³/mol. The lowest BCUT2D eigenvalue weighted by molar-refractivity contribution is -0.900. The molecular formula is C16H36FNO. The van der Waals surface area contributed by atoms with Crippen molar-refractivity contribution in [3.63, 3.8) is 0 Å². The molecule has 0 aromatic rings. The Morgan fingerprint density at radius 1 is 0.737 bits per heavy atom. The summed E-state index contributed by atoms with van der Waals surface area (Å²) in [6, 6.07) is 0. The molecule has 118 valence electrons. The van der Waals surface area contributed by atoms with Gasteiger partial charge in [0, 0.05) is 13.2 Å². The van der Waals surface area contributed by atoms with Crippen LogP contribution in [0.15, 0.2) is 0 Å². The summed E-state index contributed by atoms with van der Waals surface area (Å²) >= 11 is 0. The lowest BCUT2D eigenvalue weighted by atomic mass is 10.2. The van der Waals surface area contributed by atoms with Crippen LogP contribution in [0.1, 0.15) is 72.1 Å². The number of rotatable bonds is 9. The minimum Gasteiger partial charge on any atom is -1.00 e. The number of unbranched alkanes of at least 4 members (excludes halogenated alkanes) is 3. The Morgan fingerprint density at radius 2 is 1.11 bits per heavy atom. The molecule has 19 heavy (non-hydrogen) atoms. The molecule has 1 saturated heterocycles. The third-order valence-corrected chi connectivity index (χ3v) is 3.48. The third kappa shape index (κ3) is 15.8. The molecule has 3 heteroatoms. The second-order valence-corrected chi connectivity index (χ2v) is 5.38. The van der Waals surface area contributed by atoms with Crippen molar-refractivity contribution in [2.45, 2.75) is 72.1 Å². The van der Waals surface area contributed by atoms with Gasteiger partial charge in [0.2, 0.25) is 0 Å². The molecular weight excluding hydrogens is 241 g/mol. The highest BCUT2D eigenvalue weighted by Gasteiger charge is 2.05. The van der Waals surface area contributed by atoms with Crippen molar-refractivity contribution in [2.75, 3.05) is 32.8 Å². The molecule has 0 bridgehead atoms. The summed E-state index contributed by atoms with van der Waals surface area (Å²) in [4.78, 5) is 1.84. The molecule has 1 rings (SSSR count). The summed E-state index contributed by atoms with van der Waals surface area (Å²) in [7, 11) is 0. The maximum absolute atomic E-state index is 4.94. The van der Waals surface area contributed by atoms with Crippen molar-refractivity contribution < 1.29 is 14.3 Å². The van der Waals surface area contributed by atoms with Crippen LogP contribution < -0.4 is 9.60 Å². The minimum atomic E-state index is 0. The molecule has 0 aromatic carbocycles. The van der Waals surface area contributed by atoms with E-state index in [9.17, 15) is 0 Å². The van der Waals surface area contributed by atoms with Gasteiger partial charge in [-0.1, -0.05) is 40.0 Å². The van der Waals surface area contributed by atoms with Gasteiger partial charge < -0.3 is 14.3 Å². The van der Waals surface area contributed by atoms with Crippen LogP contribution in [0.25, 0.3) is 0 Å². The van der Waals surface area contributed by atoms with Gasteiger partial charge in [-0.3, -0.25) is 0 Å². The van der Waals surface area contributed by atoms with Gasteiger partial charge >= 0.3 is 0 Å². The Labute approximate surface area is 120 Å². The number of ether oxygens (including phenoxy) is 1. The Hall–Kier alpha value is -0.150. The highest BCUT2D eigenvalue weighted by atomic mass is 19.0. The molecule has 1 heterocycles. The van der Waals surface area contributed by atoms with E-state index in [-0.39, 0.29) is 4.70 Å². The van der Waals surface area contributed by atoms with Crippen LogP contribution in [0, 0.1) is 0 Å². The number of hydrogen-bond acceptors (Lipinski definition) is 1. The zero-order valence-electron chi connectivity index (χ0n) is 13.5. The second-order valence-electron chi connectivity index (χ2n) is 5.38. The maximum atomic E-state index is 4.94. The molecule has 0 aliphatic carbocycles. The predicted octanol–water partition coefficient (Wildman–Crippen LogP) is 0.0724. The Kier molecular flexibility index (Phi) is 19.9. The summed E-state index contributed by atoms with van der Waals surface area (Å²) in [5.41, 5.74) is 0. The van der Waals surface area contributed by atoms with E-state index in [1.807, 2.05) is 4.90 Å². The van der Waals surface area contributed by atoms with E-state index < -0.39 is 0 Å². The zero-order valence-corrected chi connectivity index (χ0v) is 13.5. The molecule has 1 aliphatic heterocycles. The van der Waals surface area contributed by atoms with E-state index in [4.69, 9.17) is 4.74 Å². The molecule has 0 saturated carbocycles. The van der Waals surface area contributed by atoms with Crippen LogP contribution in [0.2, 0.25) is 0 Å². The van der Waals surface area contributed by atoms with Gasteiger partial charge in [0.25, 0.3) is 0 Å². The summed E-state index contributed by atoms with van der Waals surface area (Å²) < 4.78 is 4.94. The van der Waals surface area contributed by atoms with Crippen molar-refractivity contribution >= 4 is 0 Å². The standard InChI is InChI=1S/C12H27N.C4H8O.FH/c1-4-7-10-13(11-8-5-2)12-9-6-3;1-2-4-5-3-1;/h4-12H2,1-3H3;1-4H2;1H. The van der Waals surface area contributed by atoms with Crippen LogP contribution >= 0.6 is 0 Å². The van der Waals surface area contributed by atoms with Crippen molar-refractivity contribution in [1.29, 1.82) is 0 Å². The highest BCUT2D eigenvalue weighted by molar-refractivity contribution is 4.43. The molecule has 0 amide bonds. The molecule has 1 aliphatic rings. The smallest absolute Gasteiger partial charge is 0.0770 e. The second kappa shape index (κ2) is 17.8. The Bertz CT molecular complexity index is 125. The average molecular weight is 277 g/mol. The molecule has 1 N–H and O–H groups in total. The molecule has 0 spiro atoms. The van der Waals surface area contributed by atoms with Gasteiger partial charge in [0.15, 0.2) is 0 Å². The van der Waals surface area contributed by atoms with Gasteiger partial charge in [-0.15, -0.1) is 0 Å². The van der Waals surface area contributed by atoms with Gasteiger partial charge in [0.05, 0.1) is 19.6 Å². The first kappa shape index (κ1) is 21.2. The molecule has 0 unspecified atom stereocenters. The van der Waals surface area contributed by atoms with Crippen molar-refractivity contribution in [3.05, 3.63) is 0 Å². The Balaban J connectivity index is 0. The van der Waals surface area contributed by atoms with E-state index in [1.54, 1.807) is 0 Å². The summed E-state index contributed by atoms with van der Waals surface area (Å²) in [5.74, 6) is 0. The molecule has 0 radical (unpaired) electrons. The van der Waals surface area contributed by atoms with Gasteiger partial charge in [0.1, 0.15) is 0 Å². The van der Waals surface area contributed by atoms with Crippen molar-refractivity contribution in [3.8, 4) is 0 Å². The maximum Gasteiger partial charge on any atom is 0.0770 e. The van der Waals surface area contributed by atoms with Crippen LogP contribution in [0.3, 0.4) is 0 Å². The normalized spacial score (nSPS) is 13.9. The Morgan fingerprint density at radius 3 is 1.32 bits per heavy atom. The first-order valence-corrected chi connectivity index (χ1v) is 8.26. The fraction of sp³-hybridized carbons (Fsp3) is 1.00. The summed E-state index contributed by atoms with van der Waals surface area (Å²) in [6.45, 7) is 13.1. The highest BCUT2D eigenvalue weighted by Crippen LogP contribution is 1.98. The zero-order chi connectivity index (χ0) is 13.5. The van der Waals surface area contributed by atoms with Crippen molar-refractivity contribution in [1.82, 2.24) is 0 Å². The summed E-state index contributed by atoms with van der Waals surface area (Å²) in [6.07, 6.45) is 10.8. The number of hydrogen-bond donors (Lipinski definition) is 1. The van der Waals surface area contributed by atoms with E-state index in [0.717, 1.165) is 13.2 Å². The largest absolute Gasteiger partial charge is 1.00 e. The summed E-state index contributed by atoms with van der Waals surface area (Å²) in [5, 5.41) is 0. The quantitative estimate of drug-likeness (QED) is 0.630. The average Bonchev–Trinajstić information content (AvgIpc) is 2.97. The van der Waals surface area contributed by atoms with Crippen LogP contribution in [0.5, 0.6) is 0 Å². The molecule has 1 fully saturated rings. The lowest BCUT2D eigenvalue weighted by Crippen LogP contribution is -3.12. The molecule has 0 atom stereocenters. The van der Waals surface area contributed by atoms with Crippen LogP contribution in [0.4, 0.5) is 0 Å². The fourth-order valence-electron chi connectivity index (χ4n) is 2.17. The minimum absolute atomic E-state index is 0. The van der Waals surface area contributed by atoms with Gasteiger partial charge in [-0.05, 0) is 32.1 Å². The monoisotopic (exact) mass is 277 g/mol. The topological polar surface area (TPSA) is 13.7 Å². The van der Waals surface area contributed by atoms with E-state index in [1.165, 1.54) is 71.0 Å². The van der Waals surface area contributed by atoms with E-state index >= 15 is 0 Å². The number of halogens is 1. The molecule has 0 aromatic heterocycles. The number of quaternary nitrogens is 1. The van der Waals surface area contributed by atoms with Crippen molar-refractivity contribution in [2.24, 2.45) is 0 Å². The van der Waals surface area contributed by atoms with E-state index in [0.29, 0.717) is 0 Å². The fourth-order valence-corrected chi connectivity index (χ4v) is 2.17. The first-order chi connectivity index (χ1) is 8.85. The first-order valence-electron chi connectivity index (χ1n) is 8.26. The lowest BCUT2D eigenvalue weighted by Gasteiger charge is -2.18.